The molecule has 0 amide bonds. The molecule has 0 radical (unpaired) electrons. The van der Waals surface area contributed by atoms with E-state index in [-0.39, 0.29) is 0 Å². The van der Waals surface area contributed by atoms with E-state index in [9.17, 15) is 0 Å². The summed E-state index contributed by atoms with van der Waals surface area (Å²) in [5.41, 5.74) is 1.27. The second-order valence-corrected chi connectivity index (χ2v) is 7.58. The number of ether oxygens (including phenoxy) is 1. The lowest BCUT2D eigenvalue weighted by atomic mass is 9.96. The van der Waals surface area contributed by atoms with Crippen molar-refractivity contribution in [1.29, 1.82) is 0 Å². The molecule has 1 saturated heterocycles. The summed E-state index contributed by atoms with van der Waals surface area (Å²) in [6.45, 7) is 6.80. The summed E-state index contributed by atoms with van der Waals surface area (Å²) >= 11 is 3.61. The number of piperazine rings is 1. The first kappa shape index (κ1) is 15.2. The van der Waals surface area contributed by atoms with E-state index in [1.165, 1.54) is 18.5 Å². The molecule has 2 fully saturated rings. The first-order chi connectivity index (χ1) is 10.1. The molecule has 1 heterocycles. The van der Waals surface area contributed by atoms with Gasteiger partial charge in [0.15, 0.2) is 0 Å². The Bertz CT molecular complexity index is 502. The van der Waals surface area contributed by atoms with Crippen molar-refractivity contribution < 1.29 is 4.74 Å². The maximum Gasteiger partial charge on any atom is 0.122 e. The van der Waals surface area contributed by atoms with Crippen LogP contribution in [0.5, 0.6) is 5.75 Å². The number of methoxy groups -OCH3 is 1. The number of nitrogens with zero attached hydrogens (tertiary/aromatic N) is 1. The zero-order valence-corrected chi connectivity index (χ0v) is 14.7. The third-order valence-corrected chi connectivity index (χ3v) is 5.22. The van der Waals surface area contributed by atoms with E-state index >= 15 is 0 Å². The molecule has 3 rings (SSSR count). The van der Waals surface area contributed by atoms with Crippen LogP contribution in [0.25, 0.3) is 0 Å². The topological polar surface area (TPSA) is 24.5 Å². The molecule has 1 aromatic rings. The molecule has 2 unspecified atom stereocenters. The summed E-state index contributed by atoms with van der Waals surface area (Å²) in [7, 11) is 1.73. The van der Waals surface area contributed by atoms with Crippen molar-refractivity contribution >= 4 is 21.6 Å². The predicted octanol–water partition coefficient (Wildman–Crippen LogP) is 3.67. The summed E-state index contributed by atoms with van der Waals surface area (Å²) in [5.74, 6) is 2.43. The van der Waals surface area contributed by atoms with Crippen LogP contribution in [-0.4, -0.2) is 32.3 Å². The normalized spacial score (nSPS) is 26.2. The van der Waals surface area contributed by atoms with Gasteiger partial charge in [-0.05, 0) is 36.8 Å². The highest BCUT2D eigenvalue weighted by Gasteiger charge is 2.38. The second-order valence-electron chi connectivity index (χ2n) is 6.67. The predicted molar refractivity (Wildman–Crippen MR) is 91.2 cm³/mol. The monoisotopic (exact) mass is 352 g/mol. The van der Waals surface area contributed by atoms with Crippen molar-refractivity contribution in [3.63, 3.8) is 0 Å². The van der Waals surface area contributed by atoms with Gasteiger partial charge in [-0.1, -0.05) is 29.8 Å². The maximum absolute atomic E-state index is 5.44. The van der Waals surface area contributed by atoms with Gasteiger partial charge < -0.3 is 15.0 Å². The number of nitrogens with one attached hydrogen (secondary N) is 1. The van der Waals surface area contributed by atoms with Crippen molar-refractivity contribution in [3.8, 4) is 5.75 Å². The van der Waals surface area contributed by atoms with Gasteiger partial charge >= 0.3 is 0 Å². The molecule has 4 heteroatoms. The Kier molecular flexibility index (Phi) is 4.46. The SMILES string of the molecule is COc1cc(Br)cc(N2CC(C3CC3)NCC2C(C)C)c1. The highest BCUT2D eigenvalue weighted by Crippen LogP contribution is 2.37. The standard InChI is InChI=1S/C17H25BrN2O/c1-11(2)17-9-19-16(12-4-5-12)10-20(17)14-6-13(18)7-15(8-14)21-3/h6-8,11-12,16-17,19H,4-5,9-10H2,1-3H3. The fourth-order valence-corrected chi connectivity index (χ4v) is 3.79. The first-order valence-corrected chi connectivity index (χ1v) is 8.72. The van der Waals surface area contributed by atoms with Gasteiger partial charge in [-0.25, -0.2) is 0 Å². The third-order valence-electron chi connectivity index (χ3n) is 4.77. The Labute approximate surface area is 136 Å². The molecule has 1 aliphatic carbocycles. The number of benzene rings is 1. The van der Waals surface area contributed by atoms with Crippen molar-refractivity contribution in [2.24, 2.45) is 11.8 Å². The summed E-state index contributed by atoms with van der Waals surface area (Å²) < 4.78 is 6.52. The number of rotatable bonds is 4. The lowest BCUT2D eigenvalue weighted by molar-refractivity contribution is 0.320. The van der Waals surface area contributed by atoms with Crippen molar-refractivity contribution in [2.75, 3.05) is 25.1 Å². The van der Waals surface area contributed by atoms with Crippen LogP contribution in [0.1, 0.15) is 26.7 Å². The summed E-state index contributed by atoms with van der Waals surface area (Å²) in [4.78, 5) is 2.58. The molecule has 116 valence electrons. The Balaban J connectivity index is 1.88. The average Bonchev–Trinajstić information content (AvgIpc) is 3.30. The van der Waals surface area contributed by atoms with Crippen LogP contribution in [0.2, 0.25) is 0 Å². The van der Waals surface area contributed by atoms with Gasteiger partial charge in [0.05, 0.1) is 7.11 Å². The molecule has 3 nitrogen and oxygen atoms in total. The summed E-state index contributed by atoms with van der Waals surface area (Å²) in [6, 6.07) is 7.58. The number of hydrogen-bond donors (Lipinski definition) is 1. The van der Waals surface area contributed by atoms with Gasteiger partial charge in [0.25, 0.3) is 0 Å². The fraction of sp³-hybridized carbons (Fsp3) is 0.647. The minimum Gasteiger partial charge on any atom is -0.497 e. The average molecular weight is 353 g/mol. The minimum absolute atomic E-state index is 0.541. The van der Waals surface area contributed by atoms with E-state index in [2.05, 4.69) is 52.1 Å². The zero-order valence-electron chi connectivity index (χ0n) is 13.1. The lowest BCUT2D eigenvalue weighted by Crippen LogP contribution is -2.59. The second kappa shape index (κ2) is 6.17. The Morgan fingerprint density at radius 2 is 2.05 bits per heavy atom. The van der Waals surface area contributed by atoms with Crippen LogP contribution >= 0.6 is 15.9 Å². The number of halogens is 1. The molecule has 1 aromatic carbocycles. The third kappa shape index (κ3) is 3.37. The molecule has 1 saturated carbocycles. The van der Waals surface area contributed by atoms with Crippen LogP contribution in [0.4, 0.5) is 5.69 Å². The van der Waals surface area contributed by atoms with E-state index in [0.717, 1.165) is 29.2 Å². The summed E-state index contributed by atoms with van der Waals surface area (Å²) in [6.07, 6.45) is 2.78. The molecule has 1 N–H and O–H groups in total. The first-order valence-electron chi connectivity index (χ1n) is 7.93. The van der Waals surface area contributed by atoms with E-state index in [1.54, 1.807) is 7.11 Å². The molecule has 1 aliphatic heterocycles. The van der Waals surface area contributed by atoms with Crippen molar-refractivity contribution in [3.05, 3.63) is 22.7 Å². The maximum atomic E-state index is 5.44. The van der Waals surface area contributed by atoms with E-state index < -0.39 is 0 Å². The lowest BCUT2D eigenvalue weighted by Gasteiger charge is -2.44. The van der Waals surface area contributed by atoms with E-state index in [0.29, 0.717) is 18.0 Å². The fourth-order valence-electron chi connectivity index (χ4n) is 3.33. The number of anilines is 1. The smallest absolute Gasteiger partial charge is 0.122 e. The van der Waals surface area contributed by atoms with E-state index in [4.69, 9.17) is 4.74 Å². The van der Waals surface area contributed by atoms with Crippen LogP contribution in [-0.2, 0) is 0 Å². The molecule has 2 aliphatic rings. The number of hydrogen-bond acceptors (Lipinski definition) is 3. The van der Waals surface area contributed by atoms with Gasteiger partial charge in [0.1, 0.15) is 5.75 Å². The minimum atomic E-state index is 0.541. The summed E-state index contributed by atoms with van der Waals surface area (Å²) in [5, 5.41) is 3.77. The largest absolute Gasteiger partial charge is 0.497 e. The van der Waals surface area contributed by atoms with Crippen LogP contribution in [0.3, 0.4) is 0 Å². The molecule has 2 atom stereocenters. The molecular formula is C17H25BrN2O. The van der Waals surface area contributed by atoms with Crippen LogP contribution < -0.4 is 15.0 Å². The highest BCUT2D eigenvalue weighted by molar-refractivity contribution is 9.10. The molecule has 0 spiro atoms. The zero-order chi connectivity index (χ0) is 15.0. The quantitative estimate of drug-likeness (QED) is 0.894. The molecule has 21 heavy (non-hydrogen) atoms. The van der Waals surface area contributed by atoms with Gasteiger partial charge in [-0.15, -0.1) is 0 Å². The van der Waals surface area contributed by atoms with Crippen LogP contribution in [0, 0.1) is 11.8 Å². The van der Waals surface area contributed by atoms with E-state index in [1.807, 2.05) is 6.07 Å². The molecule has 0 aromatic heterocycles. The van der Waals surface area contributed by atoms with Gasteiger partial charge in [-0.3, -0.25) is 0 Å². The Morgan fingerprint density at radius 3 is 2.67 bits per heavy atom. The van der Waals surface area contributed by atoms with Crippen LogP contribution in [0.15, 0.2) is 22.7 Å². The Hall–Kier alpha value is -0.740. The van der Waals surface area contributed by atoms with Gasteiger partial charge in [0.2, 0.25) is 0 Å². The Morgan fingerprint density at radius 1 is 1.29 bits per heavy atom. The van der Waals surface area contributed by atoms with Gasteiger partial charge in [-0.2, -0.15) is 0 Å². The van der Waals surface area contributed by atoms with Gasteiger partial charge in [0, 0.05) is 41.4 Å². The molecular weight excluding hydrogens is 328 g/mol. The molecule has 0 bridgehead atoms. The van der Waals surface area contributed by atoms with Crippen molar-refractivity contribution in [1.82, 2.24) is 5.32 Å². The van der Waals surface area contributed by atoms with Crippen molar-refractivity contribution in [2.45, 2.75) is 38.8 Å². The highest BCUT2D eigenvalue weighted by atomic mass is 79.9.